The van der Waals surface area contributed by atoms with E-state index < -0.39 is 16.6 Å². The molecule has 25 heavy (non-hydrogen) atoms. The van der Waals surface area contributed by atoms with Crippen molar-refractivity contribution in [1.82, 2.24) is 9.55 Å². The molecule has 0 aliphatic heterocycles. The first-order valence-electron chi connectivity index (χ1n) is 7.34. The van der Waals surface area contributed by atoms with Gasteiger partial charge in [-0.2, -0.15) is 0 Å². The van der Waals surface area contributed by atoms with Crippen LogP contribution >= 0.6 is 0 Å². The van der Waals surface area contributed by atoms with E-state index in [1.807, 2.05) is 0 Å². The molecule has 126 valence electrons. The number of imidazole rings is 1. The molecule has 1 amide bonds. The second kappa shape index (κ2) is 6.91. The van der Waals surface area contributed by atoms with Crippen molar-refractivity contribution in [3.8, 4) is 5.69 Å². The van der Waals surface area contributed by atoms with E-state index in [1.165, 1.54) is 47.4 Å². The standard InChI is InChI=1S/C17H13FN4O3/c18-14-10-13(5-6-16(14)21-8-7-19-11-21)20-17(23)9-12-3-1-2-4-15(12)22(24)25/h1-8,10-11H,9H2,(H,20,23). The summed E-state index contributed by atoms with van der Waals surface area (Å²) in [6.07, 6.45) is 4.42. The van der Waals surface area contributed by atoms with Gasteiger partial charge in [0.2, 0.25) is 5.91 Å². The molecule has 0 unspecified atom stereocenters. The fourth-order valence-electron chi connectivity index (χ4n) is 2.41. The van der Waals surface area contributed by atoms with Crippen molar-refractivity contribution in [3.63, 3.8) is 0 Å². The Labute approximate surface area is 141 Å². The zero-order chi connectivity index (χ0) is 17.8. The Morgan fingerprint density at radius 2 is 2.08 bits per heavy atom. The van der Waals surface area contributed by atoms with Gasteiger partial charge in [-0.3, -0.25) is 14.9 Å². The quantitative estimate of drug-likeness (QED) is 0.571. The minimum absolute atomic E-state index is 0.126. The molecule has 2 aromatic carbocycles. The van der Waals surface area contributed by atoms with Gasteiger partial charge in [0, 0.05) is 29.7 Å². The van der Waals surface area contributed by atoms with E-state index in [9.17, 15) is 19.3 Å². The molecular weight excluding hydrogens is 327 g/mol. The highest BCUT2D eigenvalue weighted by molar-refractivity contribution is 5.92. The third kappa shape index (κ3) is 3.69. The topological polar surface area (TPSA) is 90.1 Å². The maximum absolute atomic E-state index is 14.2. The number of rotatable bonds is 5. The summed E-state index contributed by atoms with van der Waals surface area (Å²) in [4.78, 5) is 26.4. The largest absolute Gasteiger partial charge is 0.326 e. The van der Waals surface area contributed by atoms with E-state index in [1.54, 1.807) is 18.3 Å². The summed E-state index contributed by atoms with van der Waals surface area (Å²) in [5.74, 6) is -0.995. The van der Waals surface area contributed by atoms with Crippen molar-refractivity contribution in [1.29, 1.82) is 0 Å². The van der Waals surface area contributed by atoms with Gasteiger partial charge in [-0.15, -0.1) is 0 Å². The van der Waals surface area contributed by atoms with Crippen LogP contribution in [-0.4, -0.2) is 20.4 Å². The van der Waals surface area contributed by atoms with Crippen LogP contribution in [-0.2, 0) is 11.2 Å². The van der Waals surface area contributed by atoms with Crippen molar-refractivity contribution >= 4 is 17.3 Å². The van der Waals surface area contributed by atoms with Crippen molar-refractivity contribution < 1.29 is 14.1 Å². The Morgan fingerprint density at radius 1 is 1.28 bits per heavy atom. The lowest BCUT2D eigenvalue weighted by Gasteiger charge is -2.09. The number of aromatic nitrogens is 2. The first-order valence-corrected chi connectivity index (χ1v) is 7.34. The van der Waals surface area contributed by atoms with E-state index in [-0.39, 0.29) is 17.8 Å². The minimum atomic E-state index is -0.539. The molecular formula is C17H13FN4O3. The predicted octanol–water partition coefficient (Wildman–Crippen LogP) is 3.10. The molecule has 0 bridgehead atoms. The third-order valence-electron chi connectivity index (χ3n) is 3.55. The molecule has 0 saturated carbocycles. The SMILES string of the molecule is O=C(Cc1ccccc1[N+](=O)[O-])Nc1ccc(-n2ccnc2)c(F)c1. The summed E-state index contributed by atoms with van der Waals surface area (Å²) in [5.41, 5.74) is 0.735. The highest BCUT2D eigenvalue weighted by atomic mass is 19.1. The van der Waals surface area contributed by atoms with Gasteiger partial charge in [-0.1, -0.05) is 18.2 Å². The molecule has 0 spiro atoms. The third-order valence-corrected chi connectivity index (χ3v) is 3.55. The molecule has 0 radical (unpaired) electrons. The molecule has 1 aromatic heterocycles. The number of hydrogen-bond donors (Lipinski definition) is 1. The summed E-state index contributed by atoms with van der Waals surface area (Å²) in [7, 11) is 0. The highest BCUT2D eigenvalue weighted by Gasteiger charge is 2.16. The van der Waals surface area contributed by atoms with Crippen LogP contribution in [0.1, 0.15) is 5.56 Å². The Hall–Kier alpha value is -3.55. The van der Waals surface area contributed by atoms with Crippen LogP contribution in [0.25, 0.3) is 5.69 Å². The summed E-state index contributed by atoms with van der Waals surface area (Å²) in [6, 6.07) is 10.3. The van der Waals surface area contributed by atoms with Crippen molar-refractivity contribution in [2.24, 2.45) is 0 Å². The predicted molar refractivity (Wildman–Crippen MR) is 89.0 cm³/mol. The van der Waals surface area contributed by atoms with E-state index in [4.69, 9.17) is 0 Å². The Morgan fingerprint density at radius 3 is 2.76 bits per heavy atom. The lowest BCUT2D eigenvalue weighted by atomic mass is 10.1. The summed E-state index contributed by atoms with van der Waals surface area (Å²) < 4.78 is 15.7. The number of carbonyl (C=O) groups is 1. The number of anilines is 1. The molecule has 0 saturated heterocycles. The van der Waals surface area contributed by atoms with E-state index in [0.29, 0.717) is 11.3 Å². The first-order chi connectivity index (χ1) is 12.0. The maximum atomic E-state index is 14.2. The Kier molecular flexibility index (Phi) is 4.51. The van der Waals surface area contributed by atoms with E-state index in [2.05, 4.69) is 10.3 Å². The number of carbonyl (C=O) groups excluding carboxylic acids is 1. The number of halogens is 1. The second-order valence-corrected chi connectivity index (χ2v) is 5.25. The number of amides is 1. The zero-order valence-electron chi connectivity index (χ0n) is 12.9. The Balaban J connectivity index is 1.74. The maximum Gasteiger partial charge on any atom is 0.273 e. The monoisotopic (exact) mass is 340 g/mol. The second-order valence-electron chi connectivity index (χ2n) is 5.25. The summed E-state index contributed by atoms with van der Waals surface area (Å²) in [5, 5.41) is 13.5. The van der Waals surface area contributed by atoms with Gasteiger partial charge >= 0.3 is 0 Å². The van der Waals surface area contributed by atoms with E-state index in [0.717, 1.165) is 0 Å². The molecule has 0 fully saturated rings. The molecule has 0 atom stereocenters. The van der Waals surface area contributed by atoms with Gasteiger partial charge in [0.05, 0.1) is 23.4 Å². The van der Waals surface area contributed by atoms with Gasteiger partial charge in [0.1, 0.15) is 5.82 Å². The number of nitro benzene ring substituents is 1. The number of benzene rings is 2. The number of nitrogens with zero attached hydrogens (tertiary/aromatic N) is 3. The van der Waals surface area contributed by atoms with Gasteiger partial charge in [-0.05, 0) is 18.2 Å². The minimum Gasteiger partial charge on any atom is -0.326 e. The number of para-hydroxylation sites is 1. The Bertz CT molecular complexity index is 925. The van der Waals surface area contributed by atoms with Crippen LogP contribution in [0.3, 0.4) is 0 Å². The summed E-state index contributed by atoms with van der Waals surface area (Å²) >= 11 is 0. The van der Waals surface area contributed by atoms with Crippen LogP contribution in [0.5, 0.6) is 0 Å². The van der Waals surface area contributed by atoms with Crippen LogP contribution in [0.15, 0.2) is 61.2 Å². The normalized spacial score (nSPS) is 10.4. The smallest absolute Gasteiger partial charge is 0.273 e. The van der Waals surface area contributed by atoms with Crippen molar-refractivity contribution in [2.45, 2.75) is 6.42 Å². The van der Waals surface area contributed by atoms with Crippen LogP contribution < -0.4 is 5.32 Å². The number of hydrogen-bond acceptors (Lipinski definition) is 4. The molecule has 1 N–H and O–H groups in total. The molecule has 0 aliphatic carbocycles. The highest BCUT2D eigenvalue weighted by Crippen LogP contribution is 2.20. The van der Waals surface area contributed by atoms with Crippen LogP contribution in [0, 0.1) is 15.9 Å². The lowest BCUT2D eigenvalue weighted by Crippen LogP contribution is -2.15. The average molecular weight is 340 g/mol. The van der Waals surface area contributed by atoms with Gasteiger partial charge in [0.15, 0.2) is 0 Å². The summed E-state index contributed by atoms with van der Waals surface area (Å²) in [6.45, 7) is 0. The first kappa shape index (κ1) is 16.3. The fourth-order valence-corrected chi connectivity index (χ4v) is 2.41. The molecule has 8 heteroatoms. The van der Waals surface area contributed by atoms with Crippen molar-refractivity contribution in [3.05, 3.63) is 82.7 Å². The molecule has 7 nitrogen and oxygen atoms in total. The average Bonchev–Trinajstić information content (AvgIpc) is 3.09. The number of nitro groups is 1. The zero-order valence-corrected chi connectivity index (χ0v) is 12.9. The van der Waals surface area contributed by atoms with Crippen LogP contribution in [0.2, 0.25) is 0 Å². The molecule has 3 aromatic rings. The van der Waals surface area contributed by atoms with Crippen molar-refractivity contribution in [2.75, 3.05) is 5.32 Å². The molecule has 0 aliphatic rings. The molecule has 1 heterocycles. The lowest BCUT2D eigenvalue weighted by molar-refractivity contribution is -0.385. The van der Waals surface area contributed by atoms with Crippen LogP contribution in [0.4, 0.5) is 15.8 Å². The van der Waals surface area contributed by atoms with E-state index >= 15 is 0 Å². The van der Waals surface area contributed by atoms with Gasteiger partial charge in [0.25, 0.3) is 5.69 Å². The molecule has 3 rings (SSSR count). The van der Waals surface area contributed by atoms with Gasteiger partial charge in [-0.25, -0.2) is 9.37 Å². The van der Waals surface area contributed by atoms with Gasteiger partial charge < -0.3 is 9.88 Å². The number of nitrogens with one attached hydrogen (secondary N) is 1. The fraction of sp³-hybridized carbons (Fsp3) is 0.0588.